The summed E-state index contributed by atoms with van der Waals surface area (Å²) in [6.45, 7) is 2.45. The SMILES string of the molecule is C#CCN(C(=O)c1csc(Cc2c(Cl)cccc2Cl)n1)S(=O)(=O)c1c(C)noc1C. The van der Waals surface area contributed by atoms with Crippen molar-refractivity contribution in [2.24, 2.45) is 0 Å². The molecule has 0 spiro atoms. The molecule has 1 aromatic carbocycles. The molecule has 7 nitrogen and oxygen atoms in total. The van der Waals surface area contributed by atoms with E-state index in [1.807, 2.05) is 0 Å². The lowest BCUT2D eigenvalue weighted by molar-refractivity contribution is 0.0868. The van der Waals surface area contributed by atoms with Crippen LogP contribution in [0.5, 0.6) is 0 Å². The minimum absolute atomic E-state index is 0.0521. The van der Waals surface area contributed by atoms with Gasteiger partial charge in [-0.05, 0) is 31.5 Å². The summed E-state index contributed by atoms with van der Waals surface area (Å²) in [5.74, 6) is 1.42. The Bertz CT molecular complexity index is 1220. The third-order valence-corrected chi connectivity index (χ3v) is 7.67. The first-order chi connectivity index (χ1) is 14.2. The summed E-state index contributed by atoms with van der Waals surface area (Å²) < 4.78 is 31.7. The molecule has 30 heavy (non-hydrogen) atoms. The van der Waals surface area contributed by atoms with Gasteiger partial charge in [-0.3, -0.25) is 4.79 Å². The van der Waals surface area contributed by atoms with E-state index >= 15 is 0 Å². The standard InChI is InChI=1S/C19H15Cl2N3O4S2/c1-4-8-24(30(26,27)18-11(2)23-28-12(18)3)19(25)16-10-29-17(22-16)9-13-14(20)6-5-7-15(13)21/h1,5-7,10H,8-9H2,2-3H3. The Morgan fingerprint density at radius 2 is 1.97 bits per heavy atom. The average molecular weight is 484 g/mol. The second-order valence-electron chi connectivity index (χ2n) is 6.18. The molecule has 0 saturated carbocycles. The molecule has 0 radical (unpaired) electrons. The maximum absolute atomic E-state index is 13.1. The van der Waals surface area contributed by atoms with Gasteiger partial charge in [-0.2, -0.15) is 0 Å². The van der Waals surface area contributed by atoms with Crippen molar-refractivity contribution in [1.29, 1.82) is 0 Å². The molecular weight excluding hydrogens is 469 g/mol. The predicted molar refractivity (Wildman–Crippen MR) is 114 cm³/mol. The molecule has 0 aliphatic carbocycles. The molecule has 1 amide bonds. The normalized spacial score (nSPS) is 11.3. The summed E-state index contributed by atoms with van der Waals surface area (Å²) in [7, 11) is -4.28. The number of hydrogen-bond donors (Lipinski definition) is 0. The number of aryl methyl sites for hydroxylation is 2. The number of sulfonamides is 1. The summed E-state index contributed by atoms with van der Waals surface area (Å²) in [6, 6.07) is 5.13. The first-order valence-corrected chi connectivity index (χ1v) is 11.5. The number of carbonyl (C=O) groups is 1. The van der Waals surface area contributed by atoms with Gasteiger partial charge in [0.2, 0.25) is 0 Å². The molecule has 0 N–H and O–H groups in total. The Kier molecular flexibility index (Phi) is 6.53. The largest absolute Gasteiger partial charge is 0.360 e. The number of aromatic nitrogens is 2. The number of thiazole rings is 1. The van der Waals surface area contributed by atoms with Crippen molar-refractivity contribution in [2.45, 2.75) is 25.2 Å². The van der Waals surface area contributed by atoms with Crippen molar-refractivity contribution >= 4 is 50.5 Å². The topological polar surface area (TPSA) is 93.4 Å². The monoisotopic (exact) mass is 483 g/mol. The van der Waals surface area contributed by atoms with Gasteiger partial charge in [-0.15, -0.1) is 17.8 Å². The zero-order valence-corrected chi connectivity index (χ0v) is 19.0. The van der Waals surface area contributed by atoms with E-state index in [1.165, 1.54) is 30.6 Å². The second kappa shape index (κ2) is 8.78. The van der Waals surface area contributed by atoms with E-state index in [9.17, 15) is 13.2 Å². The van der Waals surface area contributed by atoms with Gasteiger partial charge < -0.3 is 4.52 Å². The van der Waals surface area contributed by atoms with E-state index in [1.54, 1.807) is 18.2 Å². The summed E-state index contributed by atoms with van der Waals surface area (Å²) in [5, 5.41) is 6.60. The van der Waals surface area contributed by atoms with Gasteiger partial charge in [0.15, 0.2) is 10.7 Å². The molecule has 0 fully saturated rings. The van der Waals surface area contributed by atoms with Crippen molar-refractivity contribution in [3.05, 3.63) is 61.3 Å². The zero-order valence-electron chi connectivity index (χ0n) is 15.8. The van der Waals surface area contributed by atoms with Crippen molar-refractivity contribution in [1.82, 2.24) is 14.4 Å². The molecule has 2 heterocycles. The average Bonchev–Trinajstić information content (AvgIpc) is 3.29. The van der Waals surface area contributed by atoms with Gasteiger partial charge in [-0.1, -0.05) is 40.3 Å². The highest BCUT2D eigenvalue weighted by Crippen LogP contribution is 2.29. The molecule has 3 rings (SSSR count). The third kappa shape index (κ3) is 4.23. The minimum Gasteiger partial charge on any atom is -0.360 e. The van der Waals surface area contributed by atoms with E-state index in [-0.39, 0.29) is 22.0 Å². The van der Waals surface area contributed by atoms with Crippen molar-refractivity contribution in [3.8, 4) is 12.3 Å². The fraction of sp³-hybridized carbons (Fsp3) is 0.211. The highest BCUT2D eigenvalue weighted by atomic mass is 35.5. The molecule has 156 valence electrons. The molecule has 11 heteroatoms. The lowest BCUT2D eigenvalue weighted by Crippen LogP contribution is -2.38. The quantitative estimate of drug-likeness (QED) is 0.489. The molecular formula is C19H15Cl2N3O4S2. The van der Waals surface area contributed by atoms with E-state index in [2.05, 4.69) is 16.1 Å². The van der Waals surface area contributed by atoms with Gasteiger partial charge in [0, 0.05) is 21.8 Å². The van der Waals surface area contributed by atoms with Crippen LogP contribution in [0.15, 0.2) is 33.0 Å². The fourth-order valence-corrected chi connectivity index (χ4v) is 5.67. The third-order valence-electron chi connectivity index (χ3n) is 4.14. The molecule has 3 aromatic rings. The second-order valence-corrected chi connectivity index (χ2v) is 9.73. The summed E-state index contributed by atoms with van der Waals surface area (Å²) in [6.07, 6.45) is 5.61. The van der Waals surface area contributed by atoms with E-state index in [0.717, 1.165) is 0 Å². The number of hydrogen-bond acceptors (Lipinski definition) is 7. The van der Waals surface area contributed by atoms with Crippen LogP contribution in [0.1, 0.15) is 32.5 Å². The number of terminal acetylenes is 1. The predicted octanol–water partition coefficient (Wildman–Crippen LogP) is 4.11. The number of rotatable bonds is 6. The minimum atomic E-state index is -4.28. The molecule has 0 bridgehead atoms. The van der Waals surface area contributed by atoms with E-state index in [4.69, 9.17) is 34.1 Å². The van der Waals surface area contributed by atoms with Crippen LogP contribution in [-0.2, 0) is 16.4 Å². The van der Waals surface area contributed by atoms with Crippen LogP contribution in [0.3, 0.4) is 0 Å². The van der Waals surface area contributed by atoms with Crippen LogP contribution in [-0.4, -0.2) is 35.3 Å². The number of amides is 1. The number of halogens is 2. The summed E-state index contributed by atoms with van der Waals surface area (Å²) >= 11 is 13.6. The summed E-state index contributed by atoms with van der Waals surface area (Å²) in [4.78, 5) is 17.1. The Balaban J connectivity index is 1.94. The number of carbonyl (C=O) groups excluding carboxylic acids is 1. The van der Waals surface area contributed by atoms with Gasteiger partial charge in [0.25, 0.3) is 15.9 Å². The zero-order chi connectivity index (χ0) is 22.1. The molecule has 0 aliphatic heterocycles. The van der Waals surface area contributed by atoms with Gasteiger partial charge in [0.1, 0.15) is 11.4 Å². The lowest BCUT2D eigenvalue weighted by Gasteiger charge is -2.19. The Labute approximate surface area is 187 Å². The van der Waals surface area contributed by atoms with Crippen LogP contribution in [0.2, 0.25) is 10.0 Å². The van der Waals surface area contributed by atoms with Crippen LogP contribution in [0.4, 0.5) is 0 Å². The lowest BCUT2D eigenvalue weighted by atomic mass is 10.1. The Hall–Kier alpha value is -2.38. The van der Waals surface area contributed by atoms with Crippen molar-refractivity contribution in [2.75, 3.05) is 6.54 Å². The number of benzene rings is 1. The maximum Gasteiger partial charge on any atom is 0.287 e. The molecule has 0 aliphatic rings. The number of nitrogens with zero attached hydrogens (tertiary/aromatic N) is 3. The maximum atomic E-state index is 13.1. The van der Waals surface area contributed by atoms with Crippen molar-refractivity contribution in [3.63, 3.8) is 0 Å². The van der Waals surface area contributed by atoms with Crippen LogP contribution < -0.4 is 0 Å². The molecule has 0 atom stereocenters. The van der Waals surface area contributed by atoms with Gasteiger partial charge >= 0.3 is 0 Å². The Morgan fingerprint density at radius 1 is 1.30 bits per heavy atom. The summed E-state index contributed by atoms with van der Waals surface area (Å²) in [5.41, 5.74) is 0.747. The van der Waals surface area contributed by atoms with E-state index in [0.29, 0.717) is 31.3 Å². The smallest absolute Gasteiger partial charge is 0.287 e. The van der Waals surface area contributed by atoms with Crippen molar-refractivity contribution < 1.29 is 17.7 Å². The Morgan fingerprint density at radius 3 is 2.53 bits per heavy atom. The highest BCUT2D eigenvalue weighted by Gasteiger charge is 2.35. The highest BCUT2D eigenvalue weighted by molar-refractivity contribution is 7.89. The molecule has 0 saturated heterocycles. The first kappa shape index (κ1) is 22.3. The van der Waals surface area contributed by atoms with Crippen LogP contribution in [0.25, 0.3) is 0 Å². The van der Waals surface area contributed by atoms with E-state index < -0.39 is 22.5 Å². The molecule has 0 unspecified atom stereocenters. The van der Waals surface area contributed by atoms with Crippen LogP contribution in [0, 0.1) is 26.2 Å². The van der Waals surface area contributed by atoms with Gasteiger partial charge in [-0.25, -0.2) is 17.7 Å². The first-order valence-electron chi connectivity index (χ1n) is 8.47. The fourth-order valence-electron chi connectivity index (χ4n) is 2.77. The van der Waals surface area contributed by atoms with Gasteiger partial charge in [0.05, 0.1) is 11.6 Å². The van der Waals surface area contributed by atoms with Crippen LogP contribution >= 0.6 is 34.5 Å². The molecule has 2 aromatic heterocycles.